The molecule has 1 aliphatic heterocycles. The molecule has 1 unspecified atom stereocenters. The fraction of sp³-hybridized carbons (Fsp3) is 0.280. The van der Waals surface area contributed by atoms with Crippen molar-refractivity contribution >= 4 is 23.2 Å². The summed E-state index contributed by atoms with van der Waals surface area (Å²) in [6.45, 7) is 1.09. The van der Waals surface area contributed by atoms with Crippen LogP contribution in [0, 0.1) is 0 Å². The van der Waals surface area contributed by atoms with Crippen LogP contribution in [0.25, 0.3) is 0 Å². The molecule has 0 saturated heterocycles. The monoisotopic (exact) mass is 434 g/mol. The molecule has 0 fully saturated rings. The van der Waals surface area contributed by atoms with E-state index in [-0.39, 0.29) is 30.7 Å². The first kappa shape index (κ1) is 21.1. The summed E-state index contributed by atoms with van der Waals surface area (Å²) in [6, 6.07) is 19.8. The van der Waals surface area contributed by atoms with E-state index in [0.29, 0.717) is 13.1 Å². The first-order valence-corrected chi connectivity index (χ1v) is 11.3. The maximum Gasteiger partial charge on any atom is 0.223 e. The summed E-state index contributed by atoms with van der Waals surface area (Å²) in [5.74, 6) is 0.648. The van der Waals surface area contributed by atoms with Crippen molar-refractivity contribution in [3.8, 4) is 5.75 Å². The Morgan fingerprint density at radius 1 is 1.10 bits per heavy atom. The molecule has 0 spiro atoms. The van der Waals surface area contributed by atoms with Crippen LogP contribution in [0.3, 0.4) is 0 Å². The number of hydrogen-bond acceptors (Lipinski definition) is 4. The van der Waals surface area contributed by atoms with Gasteiger partial charge in [-0.25, -0.2) is 0 Å². The van der Waals surface area contributed by atoms with Crippen molar-refractivity contribution in [3.05, 3.63) is 87.6 Å². The van der Waals surface area contributed by atoms with E-state index < -0.39 is 0 Å². The van der Waals surface area contributed by atoms with E-state index in [0.717, 1.165) is 23.3 Å². The third kappa shape index (κ3) is 4.97. The number of nitrogens with zero attached hydrogens (tertiary/aromatic N) is 1. The smallest absolute Gasteiger partial charge is 0.223 e. The van der Waals surface area contributed by atoms with Crippen LogP contribution >= 0.6 is 11.3 Å². The molecule has 3 aromatic rings. The second-order valence-electron chi connectivity index (χ2n) is 7.58. The van der Waals surface area contributed by atoms with Gasteiger partial charge in [0.1, 0.15) is 5.75 Å². The third-order valence-corrected chi connectivity index (χ3v) is 6.59. The molecular weight excluding hydrogens is 408 g/mol. The summed E-state index contributed by atoms with van der Waals surface area (Å²) in [5.41, 5.74) is 3.28. The number of hydrogen-bond donors (Lipinski definition) is 1. The molecule has 31 heavy (non-hydrogen) atoms. The van der Waals surface area contributed by atoms with Crippen molar-refractivity contribution in [2.45, 2.75) is 31.8 Å². The molecule has 6 heteroatoms. The lowest BCUT2D eigenvalue weighted by Crippen LogP contribution is -2.40. The Morgan fingerprint density at radius 3 is 2.74 bits per heavy atom. The Balaban J connectivity index is 1.37. The lowest BCUT2D eigenvalue weighted by atomic mass is 9.93. The van der Waals surface area contributed by atoms with E-state index in [1.165, 1.54) is 10.4 Å². The van der Waals surface area contributed by atoms with Crippen LogP contribution in [-0.4, -0.2) is 30.4 Å². The number of thiophene rings is 1. The molecule has 0 radical (unpaired) electrons. The quantitative estimate of drug-likeness (QED) is 0.602. The molecule has 2 amide bonds. The van der Waals surface area contributed by atoms with Crippen LogP contribution in [0.15, 0.2) is 66.0 Å². The number of carbonyl (C=O) groups excluding carboxylic acids is 2. The first-order chi connectivity index (χ1) is 15.2. The van der Waals surface area contributed by atoms with Gasteiger partial charge in [-0.1, -0.05) is 42.5 Å². The van der Waals surface area contributed by atoms with Crippen LogP contribution < -0.4 is 10.1 Å². The zero-order chi connectivity index (χ0) is 21.6. The third-order valence-electron chi connectivity index (χ3n) is 5.59. The van der Waals surface area contributed by atoms with Crippen molar-refractivity contribution in [3.63, 3.8) is 0 Å². The average molecular weight is 435 g/mol. The second-order valence-corrected chi connectivity index (χ2v) is 8.58. The number of nitrogens with one attached hydrogen (secondary N) is 1. The number of ether oxygens (including phenoxy) is 1. The summed E-state index contributed by atoms with van der Waals surface area (Å²) >= 11 is 1.75. The lowest BCUT2D eigenvalue weighted by Gasteiger charge is -2.36. The Labute approximate surface area is 186 Å². The Bertz CT molecular complexity index is 1050. The summed E-state index contributed by atoms with van der Waals surface area (Å²) in [5, 5.41) is 5.00. The first-order valence-electron chi connectivity index (χ1n) is 10.5. The normalized spacial score (nSPS) is 15.3. The van der Waals surface area contributed by atoms with Crippen LogP contribution in [0.1, 0.15) is 40.5 Å². The van der Waals surface area contributed by atoms with Crippen molar-refractivity contribution in [2.24, 2.45) is 0 Å². The van der Waals surface area contributed by atoms with Gasteiger partial charge in [-0.15, -0.1) is 11.3 Å². The van der Waals surface area contributed by atoms with Crippen molar-refractivity contribution in [1.82, 2.24) is 10.2 Å². The molecule has 1 aromatic heterocycles. The number of methoxy groups -OCH3 is 1. The van der Waals surface area contributed by atoms with Gasteiger partial charge < -0.3 is 15.0 Å². The molecule has 1 aliphatic rings. The Hall–Kier alpha value is -3.12. The molecule has 1 N–H and O–H groups in total. The highest BCUT2D eigenvalue weighted by molar-refractivity contribution is 7.10. The standard InChI is InChI=1S/C25H26N2O3S/c1-30-20-9-5-6-18(16-20)17-26-23(28)10-11-24(29)27-14-12-22-21(13-15-31-22)25(27)19-7-3-2-4-8-19/h2-9,13,15-16,25H,10-12,14,17H2,1H3,(H,26,28). The van der Waals surface area contributed by atoms with Gasteiger partial charge in [0.2, 0.25) is 11.8 Å². The highest BCUT2D eigenvalue weighted by atomic mass is 32.1. The minimum atomic E-state index is -0.124. The molecule has 2 aromatic carbocycles. The van der Waals surface area contributed by atoms with Gasteiger partial charge in [-0.05, 0) is 46.7 Å². The topological polar surface area (TPSA) is 58.6 Å². The van der Waals surface area contributed by atoms with Crippen LogP contribution in [0.5, 0.6) is 5.75 Å². The van der Waals surface area contributed by atoms with E-state index in [2.05, 4.69) is 28.9 Å². The molecule has 160 valence electrons. The SMILES string of the molecule is COc1cccc(CNC(=O)CCC(=O)N2CCc3sccc3C2c2ccccc2)c1. The highest BCUT2D eigenvalue weighted by Gasteiger charge is 2.32. The molecule has 0 saturated carbocycles. The summed E-state index contributed by atoms with van der Waals surface area (Å²) in [4.78, 5) is 28.7. The molecule has 1 atom stereocenters. The fourth-order valence-electron chi connectivity index (χ4n) is 4.02. The summed E-state index contributed by atoms with van der Waals surface area (Å²) in [6.07, 6.45) is 1.24. The zero-order valence-electron chi connectivity index (χ0n) is 17.5. The van der Waals surface area contributed by atoms with Gasteiger partial charge in [0.05, 0.1) is 13.2 Å². The Kier molecular flexibility index (Phi) is 6.67. The van der Waals surface area contributed by atoms with Gasteiger partial charge in [0.15, 0.2) is 0 Å². The van der Waals surface area contributed by atoms with Gasteiger partial charge in [0.25, 0.3) is 0 Å². The number of rotatable bonds is 7. The predicted octanol–water partition coefficient (Wildman–Crippen LogP) is 4.33. The lowest BCUT2D eigenvalue weighted by molar-refractivity contribution is -0.135. The van der Waals surface area contributed by atoms with Gasteiger partial charge in [-0.2, -0.15) is 0 Å². The summed E-state index contributed by atoms with van der Waals surface area (Å²) < 4.78 is 5.21. The van der Waals surface area contributed by atoms with E-state index >= 15 is 0 Å². The molecule has 0 aliphatic carbocycles. The van der Waals surface area contributed by atoms with Gasteiger partial charge in [-0.3, -0.25) is 9.59 Å². The van der Waals surface area contributed by atoms with Crippen LogP contribution in [0.2, 0.25) is 0 Å². The van der Waals surface area contributed by atoms with Crippen molar-refractivity contribution < 1.29 is 14.3 Å². The van der Waals surface area contributed by atoms with Crippen molar-refractivity contribution in [1.29, 1.82) is 0 Å². The zero-order valence-corrected chi connectivity index (χ0v) is 18.4. The Morgan fingerprint density at radius 2 is 1.94 bits per heavy atom. The van der Waals surface area contributed by atoms with E-state index in [9.17, 15) is 9.59 Å². The second kappa shape index (κ2) is 9.79. The van der Waals surface area contributed by atoms with E-state index in [1.807, 2.05) is 47.4 Å². The maximum absolute atomic E-state index is 13.1. The minimum absolute atomic E-state index is 0.0160. The minimum Gasteiger partial charge on any atom is -0.497 e. The molecule has 0 bridgehead atoms. The average Bonchev–Trinajstić information content (AvgIpc) is 3.30. The molecule has 4 rings (SSSR count). The largest absolute Gasteiger partial charge is 0.497 e. The molecule has 5 nitrogen and oxygen atoms in total. The number of amides is 2. The fourth-order valence-corrected chi connectivity index (χ4v) is 4.92. The molecule has 2 heterocycles. The van der Waals surface area contributed by atoms with Gasteiger partial charge >= 0.3 is 0 Å². The van der Waals surface area contributed by atoms with E-state index in [4.69, 9.17) is 4.74 Å². The van der Waals surface area contributed by atoms with Crippen LogP contribution in [0.4, 0.5) is 0 Å². The predicted molar refractivity (Wildman–Crippen MR) is 122 cm³/mol. The van der Waals surface area contributed by atoms with E-state index in [1.54, 1.807) is 18.4 Å². The number of benzene rings is 2. The van der Waals surface area contributed by atoms with Crippen LogP contribution in [-0.2, 0) is 22.6 Å². The molecular formula is C25H26N2O3S. The number of carbonyl (C=O) groups is 2. The summed E-state index contributed by atoms with van der Waals surface area (Å²) in [7, 11) is 1.62. The number of fused-ring (bicyclic) bond motifs is 1. The maximum atomic E-state index is 13.1. The van der Waals surface area contributed by atoms with Crippen molar-refractivity contribution in [2.75, 3.05) is 13.7 Å². The highest BCUT2D eigenvalue weighted by Crippen LogP contribution is 2.38. The van der Waals surface area contributed by atoms with Gasteiger partial charge in [0, 0.05) is 30.8 Å².